The number of fused-ring (bicyclic) bond motifs is 1. The van der Waals surface area contributed by atoms with Gasteiger partial charge < -0.3 is 28.5 Å². The van der Waals surface area contributed by atoms with Crippen LogP contribution >= 0.6 is 0 Å². The molecule has 2 heterocycles. The Hall–Kier alpha value is -6.11. The lowest BCUT2D eigenvalue weighted by molar-refractivity contribution is 0.0333. The Balaban J connectivity index is 0.779. The number of phenolic OH excluding ortho intramolecular Hbond substituents is 1. The van der Waals surface area contributed by atoms with Crippen molar-refractivity contribution in [3.63, 3.8) is 0 Å². The van der Waals surface area contributed by atoms with Crippen molar-refractivity contribution in [1.29, 1.82) is 0 Å². The summed E-state index contributed by atoms with van der Waals surface area (Å²) in [6, 6.07) is 26.7. The quantitative estimate of drug-likeness (QED) is 0.0484. The highest BCUT2D eigenvalue weighted by molar-refractivity contribution is 6.08. The van der Waals surface area contributed by atoms with Gasteiger partial charge in [0.1, 0.15) is 41.0 Å². The van der Waals surface area contributed by atoms with E-state index in [2.05, 4.69) is 10.3 Å². The minimum Gasteiger partial charge on any atom is -0.507 e. The van der Waals surface area contributed by atoms with Crippen molar-refractivity contribution in [3.8, 4) is 28.6 Å². The molecule has 2 aromatic heterocycles. The fraction of sp³-hybridized carbons (Fsp3) is 0.238. The van der Waals surface area contributed by atoms with E-state index in [-0.39, 0.29) is 16.7 Å². The highest BCUT2D eigenvalue weighted by atomic mass is 19.1. The molecule has 0 spiro atoms. The van der Waals surface area contributed by atoms with E-state index >= 15 is 0 Å². The fourth-order valence-electron chi connectivity index (χ4n) is 5.47. The van der Waals surface area contributed by atoms with Crippen LogP contribution in [0.5, 0.6) is 17.2 Å². The second kappa shape index (κ2) is 19.1. The van der Waals surface area contributed by atoms with Crippen molar-refractivity contribution in [2.24, 2.45) is 0 Å². The van der Waals surface area contributed by atoms with Gasteiger partial charge in [-0.05, 0) is 91.6 Å². The molecule has 0 unspecified atom stereocenters. The first-order valence-corrected chi connectivity index (χ1v) is 17.7. The van der Waals surface area contributed by atoms with E-state index in [1.54, 1.807) is 22.9 Å². The highest BCUT2D eigenvalue weighted by Crippen LogP contribution is 2.25. The van der Waals surface area contributed by atoms with Crippen LogP contribution in [0.4, 0.5) is 4.39 Å². The Bertz CT molecular complexity index is 2210. The smallest absolute Gasteiger partial charge is 0.193 e. The van der Waals surface area contributed by atoms with E-state index in [0.29, 0.717) is 68.7 Å². The molecule has 0 amide bonds. The second-order valence-electron chi connectivity index (χ2n) is 12.3. The third-order valence-corrected chi connectivity index (χ3v) is 8.32. The molecule has 6 rings (SSSR count). The largest absolute Gasteiger partial charge is 0.507 e. The summed E-state index contributed by atoms with van der Waals surface area (Å²) < 4.78 is 43.7. The number of halogens is 1. The first-order valence-electron chi connectivity index (χ1n) is 17.7. The summed E-state index contributed by atoms with van der Waals surface area (Å²) in [5, 5.41) is 18.8. The van der Waals surface area contributed by atoms with Gasteiger partial charge in [0.15, 0.2) is 11.2 Å². The molecule has 0 aliphatic rings. The van der Waals surface area contributed by atoms with E-state index in [0.717, 1.165) is 54.0 Å². The van der Waals surface area contributed by atoms with Gasteiger partial charge in [0.05, 0.1) is 56.2 Å². The third-order valence-electron chi connectivity index (χ3n) is 8.32. The zero-order valence-electron chi connectivity index (χ0n) is 29.6. The van der Waals surface area contributed by atoms with Crippen LogP contribution in [0.15, 0.2) is 119 Å². The number of allylic oxidation sites excluding steroid dienone is 1. The maximum atomic E-state index is 13.2. The minimum absolute atomic E-state index is 0.0411. The van der Waals surface area contributed by atoms with Gasteiger partial charge in [0.2, 0.25) is 0 Å². The van der Waals surface area contributed by atoms with Crippen LogP contribution in [0.1, 0.15) is 34.5 Å². The number of aryl methyl sites for hydroxylation is 1. The predicted molar refractivity (Wildman–Crippen MR) is 201 cm³/mol. The average Bonchev–Trinajstić information content (AvgIpc) is 3.64. The number of hydrogen-bond acceptors (Lipinski definition) is 10. The molecular weight excluding hydrogens is 693 g/mol. The first kappa shape index (κ1) is 37.6. The van der Waals surface area contributed by atoms with Crippen LogP contribution in [0, 0.1) is 5.82 Å². The Morgan fingerprint density at radius 3 is 2.33 bits per heavy atom. The number of carbonyl (C=O) groups is 1. The topological polar surface area (TPSA) is 135 Å². The number of aromatic nitrogens is 3. The molecule has 0 fully saturated rings. The van der Waals surface area contributed by atoms with Crippen LogP contribution in [0.3, 0.4) is 0 Å². The Morgan fingerprint density at radius 2 is 1.54 bits per heavy atom. The summed E-state index contributed by atoms with van der Waals surface area (Å²) in [6.07, 6.45) is 7.42. The Labute approximate surface area is 311 Å². The van der Waals surface area contributed by atoms with E-state index < -0.39 is 11.6 Å². The lowest BCUT2D eigenvalue weighted by Crippen LogP contribution is -2.13. The van der Waals surface area contributed by atoms with Gasteiger partial charge in [0, 0.05) is 23.9 Å². The molecule has 1 N–H and O–H groups in total. The van der Waals surface area contributed by atoms with Crippen LogP contribution < -0.4 is 14.9 Å². The summed E-state index contributed by atoms with van der Waals surface area (Å²) >= 11 is 0. The van der Waals surface area contributed by atoms with Crippen molar-refractivity contribution >= 4 is 22.8 Å². The van der Waals surface area contributed by atoms with Gasteiger partial charge in [-0.15, -0.1) is 5.10 Å². The lowest BCUT2D eigenvalue weighted by atomic mass is 10.1. The number of rotatable bonds is 20. The monoisotopic (exact) mass is 733 g/mol. The number of aromatic hydroxyl groups is 1. The molecule has 11 nitrogen and oxygen atoms in total. The highest BCUT2D eigenvalue weighted by Gasteiger charge is 2.10. The third kappa shape index (κ3) is 11.0. The van der Waals surface area contributed by atoms with Crippen LogP contribution in [0.2, 0.25) is 0 Å². The van der Waals surface area contributed by atoms with Gasteiger partial charge in [0.25, 0.3) is 0 Å². The molecule has 0 aliphatic carbocycles. The number of phenols is 1. The standard InChI is InChI=1S/C42H40FN3O8/c43-32-13-18-36(39(48)27-32)38(47)19-10-30-8-14-34(15-9-30)52-21-4-3-5-33-29-46(45-44-33)20-22-50-23-24-51-25-26-53-35-16-11-31(12-17-35)42-28-40(49)37-6-1-2-7-41(37)54-42/h1-2,6-19,27-29,48H,3-5,20-26H2/b19-10+. The van der Waals surface area contributed by atoms with Crippen LogP contribution in [-0.2, 0) is 22.4 Å². The summed E-state index contributed by atoms with van der Waals surface area (Å²) in [7, 11) is 0. The van der Waals surface area contributed by atoms with Crippen LogP contribution in [-0.4, -0.2) is 65.5 Å². The average molecular weight is 734 g/mol. The van der Waals surface area contributed by atoms with E-state index in [1.165, 1.54) is 18.2 Å². The molecule has 6 aromatic rings. The molecule has 4 aromatic carbocycles. The number of carbonyl (C=O) groups excluding carboxylic acids is 1. The zero-order chi connectivity index (χ0) is 37.5. The first-order chi connectivity index (χ1) is 26.4. The number of nitrogens with zero attached hydrogens (tertiary/aromatic N) is 3. The lowest BCUT2D eigenvalue weighted by Gasteiger charge is -2.09. The van der Waals surface area contributed by atoms with E-state index in [4.69, 9.17) is 23.4 Å². The number of ether oxygens (including phenoxy) is 4. The van der Waals surface area contributed by atoms with Gasteiger partial charge in [-0.3, -0.25) is 9.59 Å². The summed E-state index contributed by atoms with van der Waals surface area (Å²) in [4.78, 5) is 24.7. The predicted octanol–water partition coefficient (Wildman–Crippen LogP) is 7.31. The summed E-state index contributed by atoms with van der Waals surface area (Å²) in [5.74, 6) is 0.513. The van der Waals surface area contributed by atoms with Gasteiger partial charge in [-0.1, -0.05) is 35.6 Å². The molecule has 0 saturated heterocycles. The molecule has 0 bridgehead atoms. The van der Waals surface area contributed by atoms with Gasteiger partial charge in [-0.2, -0.15) is 0 Å². The van der Waals surface area contributed by atoms with Crippen molar-refractivity contribution in [2.45, 2.75) is 25.8 Å². The SMILES string of the molecule is O=C(/C=C/c1ccc(OCCCCc2cn(CCOCCOCCOc3ccc(-c4cc(=O)c5ccccc5o4)cc3)nn2)cc1)c1ccc(F)cc1O. The number of unbranched alkanes of at least 4 members (excludes halogenated alkanes) is 1. The summed E-state index contributed by atoms with van der Waals surface area (Å²) in [5.41, 5.74) is 3.01. The van der Waals surface area contributed by atoms with Crippen molar-refractivity contribution in [2.75, 3.05) is 39.6 Å². The Kier molecular flexibility index (Phi) is 13.3. The molecule has 0 saturated carbocycles. The summed E-state index contributed by atoms with van der Waals surface area (Å²) in [6.45, 7) is 3.34. The normalized spacial score (nSPS) is 11.4. The minimum atomic E-state index is -0.605. The molecule has 0 aliphatic heterocycles. The molecular formula is C42H40FN3O8. The molecule has 278 valence electrons. The second-order valence-corrected chi connectivity index (χ2v) is 12.3. The molecule has 54 heavy (non-hydrogen) atoms. The molecule has 0 atom stereocenters. The van der Waals surface area contributed by atoms with Crippen molar-refractivity contribution in [3.05, 3.63) is 142 Å². The van der Waals surface area contributed by atoms with Gasteiger partial charge in [-0.25, -0.2) is 9.07 Å². The van der Waals surface area contributed by atoms with Crippen molar-refractivity contribution < 1.29 is 37.7 Å². The number of hydrogen-bond donors (Lipinski definition) is 1. The number of para-hydroxylation sites is 1. The molecule has 0 radical (unpaired) electrons. The van der Waals surface area contributed by atoms with Gasteiger partial charge >= 0.3 is 0 Å². The number of ketones is 1. The maximum absolute atomic E-state index is 13.2. The van der Waals surface area contributed by atoms with Crippen LogP contribution in [0.25, 0.3) is 28.4 Å². The molecule has 12 heteroatoms. The fourth-order valence-corrected chi connectivity index (χ4v) is 5.47. The van der Waals surface area contributed by atoms with E-state index in [9.17, 15) is 19.1 Å². The van der Waals surface area contributed by atoms with Crippen molar-refractivity contribution in [1.82, 2.24) is 15.0 Å². The number of benzene rings is 4. The maximum Gasteiger partial charge on any atom is 0.193 e. The zero-order valence-corrected chi connectivity index (χ0v) is 29.6. The van der Waals surface area contributed by atoms with E-state index in [1.807, 2.05) is 66.9 Å². The Morgan fingerprint density at radius 1 is 0.815 bits per heavy atom.